The molecule has 1 atom stereocenters. The van der Waals surface area contributed by atoms with Crippen LogP contribution in [0.3, 0.4) is 0 Å². The van der Waals surface area contributed by atoms with E-state index < -0.39 is 27.1 Å². The van der Waals surface area contributed by atoms with Crippen molar-refractivity contribution < 1.29 is 27.4 Å². The number of anilines is 1. The van der Waals surface area contributed by atoms with Gasteiger partial charge in [0, 0.05) is 24.3 Å². The van der Waals surface area contributed by atoms with E-state index in [9.17, 15) is 13.2 Å². The topological polar surface area (TPSA) is 108 Å². The first-order chi connectivity index (χ1) is 18.3. The maximum Gasteiger partial charge on any atom is 0.343 e. The fraction of sp³-hybridized carbons (Fsp3) is 0.276. The maximum absolute atomic E-state index is 13.5. The Labute approximate surface area is 223 Å². The van der Waals surface area contributed by atoms with Crippen LogP contribution in [0.15, 0.2) is 77.7 Å². The highest BCUT2D eigenvalue weighted by atomic mass is 32.2. The molecule has 3 aromatic carbocycles. The monoisotopic (exact) mass is 534 g/mol. The zero-order valence-electron chi connectivity index (χ0n) is 21.3. The van der Waals surface area contributed by atoms with Gasteiger partial charge in [-0.2, -0.15) is 0 Å². The van der Waals surface area contributed by atoms with Gasteiger partial charge in [-0.05, 0) is 59.7 Å². The van der Waals surface area contributed by atoms with Crippen molar-refractivity contribution in [2.75, 3.05) is 45.4 Å². The average molecular weight is 535 g/mol. The summed E-state index contributed by atoms with van der Waals surface area (Å²) in [6.07, 6.45) is -0.437. The number of ether oxygens (including phenoxy) is 3. The number of hydrogen-bond donors (Lipinski definition) is 1. The molecule has 9 heteroatoms. The van der Waals surface area contributed by atoms with Crippen LogP contribution < -0.4 is 15.4 Å². The molecule has 0 bridgehead atoms. The molecule has 1 aliphatic heterocycles. The summed E-state index contributed by atoms with van der Waals surface area (Å²) in [4.78, 5) is 12.4. The Bertz CT molecular complexity index is 1420. The van der Waals surface area contributed by atoms with E-state index in [1.54, 1.807) is 19.2 Å². The number of esters is 1. The second-order valence-electron chi connectivity index (χ2n) is 8.76. The van der Waals surface area contributed by atoms with Crippen molar-refractivity contribution in [1.29, 1.82) is 0 Å². The minimum Gasteiger partial charge on any atom is -0.497 e. The Morgan fingerprint density at radius 2 is 1.53 bits per heavy atom. The third-order valence-electron chi connectivity index (χ3n) is 6.43. The highest BCUT2D eigenvalue weighted by Crippen LogP contribution is 2.29. The number of benzene rings is 3. The second-order valence-corrected chi connectivity index (χ2v) is 11.0. The highest BCUT2D eigenvalue weighted by molar-refractivity contribution is 7.93. The molecule has 3 aromatic rings. The molecule has 1 fully saturated rings. The lowest BCUT2D eigenvalue weighted by atomic mass is 10.1. The average Bonchev–Trinajstić information content (AvgIpc) is 2.97. The molecule has 0 aliphatic carbocycles. The van der Waals surface area contributed by atoms with Gasteiger partial charge in [-0.1, -0.05) is 36.1 Å². The highest BCUT2D eigenvalue weighted by Gasteiger charge is 2.49. The van der Waals surface area contributed by atoms with Gasteiger partial charge < -0.3 is 24.8 Å². The van der Waals surface area contributed by atoms with Gasteiger partial charge in [0.15, 0.2) is 0 Å². The lowest BCUT2D eigenvalue weighted by Gasteiger charge is -2.28. The van der Waals surface area contributed by atoms with Crippen molar-refractivity contribution >= 4 is 21.5 Å². The molecule has 0 saturated carbocycles. The van der Waals surface area contributed by atoms with Crippen molar-refractivity contribution in [2.24, 2.45) is 5.73 Å². The van der Waals surface area contributed by atoms with Gasteiger partial charge in [0.2, 0.25) is 14.7 Å². The Morgan fingerprint density at radius 1 is 0.947 bits per heavy atom. The van der Waals surface area contributed by atoms with Crippen LogP contribution in [0.5, 0.6) is 5.75 Å². The fourth-order valence-corrected chi connectivity index (χ4v) is 5.60. The molecule has 0 aromatic heterocycles. The molecule has 4 rings (SSSR count). The summed E-state index contributed by atoms with van der Waals surface area (Å²) in [5.41, 5.74) is 9.65. The maximum atomic E-state index is 13.5. The molecule has 8 nitrogen and oxygen atoms in total. The number of rotatable bonds is 7. The number of nitrogens with zero attached hydrogens (tertiary/aromatic N) is 1. The predicted molar refractivity (Wildman–Crippen MR) is 146 cm³/mol. The van der Waals surface area contributed by atoms with Gasteiger partial charge in [0.1, 0.15) is 5.75 Å². The standard InChI is InChI=1S/C29H30N2O6S/c1-35-26-13-7-23(8-14-26)24-9-15-27(16-10-24)38(33,34)29(30,28(32)36-2)17-3-4-22-5-11-25(12-6-22)31-18-20-37-21-19-31/h5-16H,17-21,30H2,1-2H3. The number of hydrogen-bond acceptors (Lipinski definition) is 8. The predicted octanol–water partition coefficient (Wildman–Crippen LogP) is 3.24. The van der Waals surface area contributed by atoms with E-state index in [0.717, 1.165) is 37.0 Å². The first-order valence-corrected chi connectivity index (χ1v) is 13.5. The van der Waals surface area contributed by atoms with Crippen LogP contribution in [-0.2, 0) is 24.1 Å². The van der Waals surface area contributed by atoms with Crippen molar-refractivity contribution in [3.63, 3.8) is 0 Å². The molecule has 2 N–H and O–H groups in total. The Kier molecular flexibility index (Phi) is 8.37. The van der Waals surface area contributed by atoms with Crippen molar-refractivity contribution in [3.05, 3.63) is 78.4 Å². The number of morpholine rings is 1. The molecule has 1 saturated heterocycles. The van der Waals surface area contributed by atoms with Gasteiger partial charge in [0.05, 0.1) is 38.7 Å². The zero-order chi connectivity index (χ0) is 27.2. The lowest BCUT2D eigenvalue weighted by Crippen LogP contribution is -2.55. The summed E-state index contributed by atoms with van der Waals surface area (Å²) in [7, 11) is -1.65. The molecule has 38 heavy (non-hydrogen) atoms. The van der Waals surface area contributed by atoms with Crippen LogP contribution in [0.4, 0.5) is 5.69 Å². The van der Waals surface area contributed by atoms with Gasteiger partial charge in [-0.3, -0.25) is 0 Å². The summed E-state index contributed by atoms with van der Waals surface area (Å²) in [6, 6.07) is 21.1. The van der Waals surface area contributed by atoms with E-state index in [-0.39, 0.29) is 4.90 Å². The van der Waals surface area contributed by atoms with E-state index in [0.29, 0.717) is 24.5 Å². The summed E-state index contributed by atoms with van der Waals surface area (Å²) >= 11 is 0. The first kappa shape index (κ1) is 27.2. The van der Waals surface area contributed by atoms with Gasteiger partial charge in [-0.25, -0.2) is 13.2 Å². The van der Waals surface area contributed by atoms with E-state index in [4.69, 9.17) is 19.9 Å². The lowest BCUT2D eigenvalue weighted by molar-refractivity contribution is -0.143. The van der Waals surface area contributed by atoms with Crippen LogP contribution in [0, 0.1) is 11.8 Å². The first-order valence-electron chi connectivity index (χ1n) is 12.1. The van der Waals surface area contributed by atoms with Crippen molar-refractivity contribution in [2.45, 2.75) is 16.2 Å². The zero-order valence-corrected chi connectivity index (χ0v) is 22.2. The van der Waals surface area contributed by atoms with Gasteiger partial charge in [0.25, 0.3) is 0 Å². The number of carbonyl (C=O) groups is 1. The molecule has 0 spiro atoms. The normalized spacial score (nSPS) is 15.1. The molecule has 1 aliphatic rings. The summed E-state index contributed by atoms with van der Waals surface area (Å²) in [5, 5.41) is 0. The largest absolute Gasteiger partial charge is 0.497 e. The summed E-state index contributed by atoms with van der Waals surface area (Å²) in [5.74, 6) is 5.34. The smallest absolute Gasteiger partial charge is 0.343 e. The van der Waals surface area contributed by atoms with E-state index in [1.165, 1.54) is 12.1 Å². The van der Waals surface area contributed by atoms with Crippen LogP contribution in [0.25, 0.3) is 11.1 Å². The van der Waals surface area contributed by atoms with E-state index in [1.807, 2.05) is 48.5 Å². The quantitative estimate of drug-likeness (QED) is 0.364. The molecular formula is C29H30N2O6S. The van der Waals surface area contributed by atoms with Gasteiger partial charge >= 0.3 is 5.97 Å². The summed E-state index contributed by atoms with van der Waals surface area (Å²) < 4.78 is 42.4. The molecule has 1 heterocycles. The summed E-state index contributed by atoms with van der Waals surface area (Å²) in [6.45, 7) is 3.01. The third-order valence-corrected chi connectivity index (χ3v) is 8.59. The second kappa shape index (κ2) is 11.7. The minimum absolute atomic E-state index is 0.0978. The fourth-order valence-electron chi connectivity index (χ4n) is 4.12. The van der Waals surface area contributed by atoms with Crippen LogP contribution in [-0.4, -0.2) is 59.8 Å². The Morgan fingerprint density at radius 3 is 2.08 bits per heavy atom. The number of methoxy groups -OCH3 is 2. The van der Waals surface area contributed by atoms with Crippen molar-refractivity contribution in [3.8, 4) is 28.7 Å². The molecular weight excluding hydrogens is 504 g/mol. The van der Waals surface area contributed by atoms with Crippen molar-refractivity contribution in [1.82, 2.24) is 0 Å². The van der Waals surface area contributed by atoms with Crippen LogP contribution in [0.2, 0.25) is 0 Å². The SMILES string of the molecule is COC(=O)C(N)(CC#Cc1ccc(N2CCOCC2)cc1)S(=O)(=O)c1ccc(-c2ccc(OC)cc2)cc1. The number of carbonyl (C=O) groups excluding carboxylic acids is 1. The molecule has 0 amide bonds. The van der Waals surface area contributed by atoms with E-state index >= 15 is 0 Å². The Balaban J connectivity index is 1.54. The molecule has 1 unspecified atom stereocenters. The third kappa shape index (κ3) is 5.68. The minimum atomic E-state index is -4.34. The van der Waals surface area contributed by atoms with Crippen LogP contribution in [0.1, 0.15) is 12.0 Å². The number of sulfone groups is 1. The molecule has 198 valence electrons. The Hall–Kier alpha value is -3.84. The van der Waals surface area contributed by atoms with E-state index in [2.05, 4.69) is 16.7 Å². The van der Waals surface area contributed by atoms with Crippen LogP contribution >= 0.6 is 0 Å². The van der Waals surface area contributed by atoms with Gasteiger partial charge in [-0.15, -0.1) is 0 Å². The molecule has 0 radical (unpaired) electrons. The number of nitrogens with two attached hydrogens (primary N) is 1.